The number of carboxylic acids is 1. The van der Waals surface area contributed by atoms with Crippen molar-refractivity contribution in [2.75, 3.05) is 26.3 Å². The Morgan fingerprint density at radius 2 is 2.00 bits per heavy atom. The minimum absolute atomic E-state index is 0.113. The number of urea groups is 1. The molecule has 0 unspecified atom stereocenters. The van der Waals surface area contributed by atoms with Gasteiger partial charge in [-0.3, -0.25) is 4.79 Å². The summed E-state index contributed by atoms with van der Waals surface area (Å²) in [6.07, 6.45) is 5.14. The maximum atomic E-state index is 11.8. The summed E-state index contributed by atoms with van der Waals surface area (Å²) in [5.74, 6) is -0.203. The van der Waals surface area contributed by atoms with Crippen molar-refractivity contribution in [2.45, 2.75) is 38.1 Å². The van der Waals surface area contributed by atoms with Gasteiger partial charge in [0.25, 0.3) is 0 Å². The third-order valence-corrected chi connectivity index (χ3v) is 3.35. The van der Waals surface area contributed by atoms with Gasteiger partial charge in [-0.25, -0.2) is 4.79 Å². The second-order valence-electron chi connectivity index (χ2n) is 5.36. The summed E-state index contributed by atoms with van der Waals surface area (Å²) < 4.78 is 5.47. The fourth-order valence-corrected chi connectivity index (χ4v) is 1.90. The van der Waals surface area contributed by atoms with Crippen LogP contribution in [0, 0.1) is 5.92 Å². The molecule has 6 heteroatoms. The number of amides is 2. The quantitative estimate of drug-likeness (QED) is 0.614. The number of carbonyl (C=O) groups excluding carboxylic acids is 1. The zero-order valence-corrected chi connectivity index (χ0v) is 11.1. The molecule has 6 nitrogen and oxygen atoms in total. The molecule has 0 spiro atoms. The van der Waals surface area contributed by atoms with Crippen molar-refractivity contribution in [2.24, 2.45) is 5.92 Å². The maximum Gasteiger partial charge on any atom is 0.323 e. The predicted octanol–water partition coefficient (Wildman–Crippen LogP) is 1.06. The van der Waals surface area contributed by atoms with Crippen LogP contribution in [0.15, 0.2) is 0 Å². The van der Waals surface area contributed by atoms with Gasteiger partial charge in [-0.1, -0.05) is 0 Å². The molecule has 2 amide bonds. The number of nitrogens with one attached hydrogen (secondary N) is 1. The Bertz CT molecular complexity index is 327. The molecular formula is C13H22N2O4. The van der Waals surface area contributed by atoms with Crippen molar-refractivity contribution >= 4 is 12.0 Å². The smallest absolute Gasteiger partial charge is 0.323 e. The molecule has 2 aliphatic rings. The fourth-order valence-electron chi connectivity index (χ4n) is 1.90. The van der Waals surface area contributed by atoms with E-state index in [9.17, 15) is 9.59 Å². The van der Waals surface area contributed by atoms with E-state index < -0.39 is 5.97 Å². The van der Waals surface area contributed by atoms with Crippen molar-refractivity contribution in [3.8, 4) is 0 Å². The number of hydrogen-bond acceptors (Lipinski definition) is 3. The average Bonchev–Trinajstić information content (AvgIpc) is 3.23. The number of carboxylic acid groups (broad SMARTS) is 1. The van der Waals surface area contributed by atoms with Crippen LogP contribution in [0.2, 0.25) is 0 Å². The minimum Gasteiger partial charge on any atom is -0.480 e. The first-order chi connectivity index (χ1) is 9.16. The van der Waals surface area contributed by atoms with Gasteiger partial charge >= 0.3 is 12.0 Å². The topological polar surface area (TPSA) is 78.9 Å². The van der Waals surface area contributed by atoms with Crippen LogP contribution in [0.3, 0.4) is 0 Å². The van der Waals surface area contributed by atoms with Gasteiger partial charge in [0.05, 0.1) is 0 Å². The SMILES string of the molecule is O=C(O)CN(C(=O)NCCCOCC1CC1)C1CC1. The van der Waals surface area contributed by atoms with E-state index in [4.69, 9.17) is 9.84 Å². The van der Waals surface area contributed by atoms with E-state index in [2.05, 4.69) is 5.32 Å². The van der Waals surface area contributed by atoms with Crippen LogP contribution in [-0.2, 0) is 9.53 Å². The molecule has 19 heavy (non-hydrogen) atoms. The number of hydrogen-bond donors (Lipinski definition) is 2. The molecule has 2 fully saturated rings. The van der Waals surface area contributed by atoms with Crippen LogP contribution in [-0.4, -0.2) is 54.4 Å². The van der Waals surface area contributed by atoms with Crippen LogP contribution >= 0.6 is 0 Å². The summed E-state index contributed by atoms with van der Waals surface area (Å²) in [4.78, 5) is 23.9. The molecule has 2 N–H and O–H groups in total. The molecule has 2 rings (SSSR count). The van der Waals surface area contributed by atoms with E-state index in [0.717, 1.165) is 31.8 Å². The van der Waals surface area contributed by atoms with Crippen LogP contribution in [0.1, 0.15) is 32.1 Å². The van der Waals surface area contributed by atoms with Gasteiger partial charge in [0.15, 0.2) is 0 Å². The van der Waals surface area contributed by atoms with Crippen LogP contribution < -0.4 is 5.32 Å². The van der Waals surface area contributed by atoms with Crippen molar-refractivity contribution in [1.82, 2.24) is 10.2 Å². The molecule has 0 saturated heterocycles. The molecule has 2 saturated carbocycles. The predicted molar refractivity (Wildman–Crippen MR) is 68.9 cm³/mol. The summed E-state index contributed by atoms with van der Waals surface area (Å²) >= 11 is 0. The highest BCUT2D eigenvalue weighted by atomic mass is 16.5. The van der Waals surface area contributed by atoms with Crippen molar-refractivity contribution in [1.29, 1.82) is 0 Å². The van der Waals surface area contributed by atoms with Crippen molar-refractivity contribution < 1.29 is 19.4 Å². The lowest BCUT2D eigenvalue weighted by Gasteiger charge is -2.20. The highest BCUT2D eigenvalue weighted by Crippen LogP contribution is 2.28. The summed E-state index contributed by atoms with van der Waals surface area (Å²) in [7, 11) is 0. The maximum absolute atomic E-state index is 11.8. The molecule has 0 aliphatic heterocycles. The lowest BCUT2D eigenvalue weighted by molar-refractivity contribution is -0.137. The van der Waals surface area contributed by atoms with Crippen LogP contribution in [0.5, 0.6) is 0 Å². The standard InChI is InChI=1S/C13H22N2O4/c16-12(17)8-15(11-4-5-11)13(18)14-6-1-7-19-9-10-2-3-10/h10-11H,1-9H2,(H,14,18)(H,16,17). The molecule has 0 aromatic heterocycles. The number of rotatable bonds is 9. The molecule has 0 atom stereocenters. The first-order valence-electron chi connectivity index (χ1n) is 7.01. The van der Waals surface area contributed by atoms with E-state index in [1.807, 2.05) is 0 Å². The van der Waals surface area contributed by atoms with Gasteiger partial charge in [0.1, 0.15) is 6.54 Å². The van der Waals surface area contributed by atoms with E-state index in [-0.39, 0.29) is 18.6 Å². The normalized spacial score (nSPS) is 18.1. The Balaban J connectivity index is 1.54. The second kappa shape index (κ2) is 6.75. The van der Waals surface area contributed by atoms with Crippen LogP contribution in [0.4, 0.5) is 4.79 Å². The van der Waals surface area contributed by atoms with Gasteiger partial charge in [-0.05, 0) is 38.0 Å². The van der Waals surface area contributed by atoms with Crippen molar-refractivity contribution in [3.63, 3.8) is 0 Å². The van der Waals surface area contributed by atoms with Gasteiger partial charge < -0.3 is 20.1 Å². The fraction of sp³-hybridized carbons (Fsp3) is 0.846. The molecule has 0 bridgehead atoms. The minimum atomic E-state index is -0.963. The zero-order valence-electron chi connectivity index (χ0n) is 11.1. The van der Waals surface area contributed by atoms with Gasteiger partial charge in [0.2, 0.25) is 0 Å². The highest BCUT2D eigenvalue weighted by molar-refractivity contribution is 5.80. The Morgan fingerprint density at radius 3 is 2.58 bits per heavy atom. The summed E-state index contributed by atoms with van der Waals surface area (Å²) in [5.41, 5.74) is 0. The van der Waals surface area contributed by atoms with Gasteiger partial charge in [-0.15, -0.1) is 0 Å². The molecule has 0 aromatic rings. The Labute approximate surface area is 113 Å². The third kappa shape index (κ3) is 5.46. The van der Waals surface area contributed by atoms with Crippen molar-refractivity contribution in [3.05, 3.63) is 0 Å². The Hall–Kier alpha value is -1.30. The number of ether oxygens (including phenoxy) is 1. The van der Waals surface area contributed by atoms with E-state index in [0.29, 0.717) is 13.2 Å². The molecule has 108 valence electrons. The van der Waals surface area contributed by atoms with E-state index in [1.165, 1.54) is 17.7 Å². The Kier molecular flexibility index (Phi) is 5.01. The monoisotopic (exact) mass is 270 g/mol. The first kappa shape index (κ1) is 14.1. The van der Waals surface area contributed by atoms with E-state index >= 15 is 0 Å². The van der Waals surface area contributed by atoms with Gasteiger partial charge in [-0.2, -0.15) is 0 Å². The number of aliphatic carboxylic acids is 1. The molecule has 0 radical (unpaired) electrons. The largest absolute Gasteiger partial charge is 0.480 e. The molecule has 2 aliphatic carbocycles. The summed E-state index contributed by atoms with van der Waals surface area (Å²) in [6, 6.07) is -0.158. The van der Waals surface area contributed by atoms with E-state index in [1.54, 1.807) is 0 Å². The van der Waals surface area contributed by atoms with Crippen LogP contribution in [0.25, 0.3) is 0 Å². The summed E-state index contributed by atoms with van der Waals surface area (Å²) in [6.45, 7) is 1.81. The molecule has 0 aromatic carbocycles. The van der Waals surface area contributed by atoms with Gasteiger partial charge in [0, 0.05) is 25.8 Å². The average molecular weight is 270 g/mol. The molecule has 0 heterocycles. The lowest BCUT2D eigenvalue weighted by Crippen LogP contribution is -2.44. The summed E-state index contributed by atoms with van der Waals surface area (Å²) in [5, 5.41) is 11.5. The number of nitrogens with zero attached hydrogens (tertiary/aromatic N) is 1. The zero-order chi connectivity index (χ0) is 13.7. The second-order valence-corrected chi connectivity index (χ2v) is 5.36. The highest BCUT2D eigenvalue weighted by Gasteiger charge is 2.33. The Morgan fingerprint density at radius 1 is 1.26 bits per heavy atom. The lowest BCUT2D eigenvalue weighted by atomic mass is 10.4. The molecular weight excluding hydrogens is 248 g/mol. The number of carbonyl (C=O) groups is 2. The first-order valence-corrected chi connectivity index (χ1v) is 7.01. The third-order valence-electron chi connectivity index (χ3n) is 3.35.